The lowest BCUT2D eigenvalue weighted by Crippen LogP contribution is -2.62. The van der Waals surface area contributed by atoms with E-state index in [-0.39, 0.29) is 94.8 Å². The third-order valence-corrected chi connectivity index (χ3v) is 15.9. The Labute approximate surface area is 470 Å². The van der Waals surface area contributed by atoms with Crippen LogP contribution in [0.3, 0.4) is 0 Å². The third-order valence-electron chi connectivity index (χ3n) is 15.9. The smallest absolute Gasteiger partial charge is 0.325 e. The average molecular weight is 1090 g/mol. The molecule has 0 amide bonds. The molecule has 6 N–H and O–H groups in total. The molecule has 6 rings (SSSR count). The first-order valence-corrected chi connectivity index (χ1v) is 29.6. The van der Waals surface area contributed by atoms with Crippen molar-refractivity contribution in [2.45, 2.75) is 271 Å². The van der Waals surface area contributed by atoms with Gasteiger partial charge in [-0.05, 0) is 203 Å². The zero-order valence-electron chi connectivity index (χ0n) is 52.1. The molecule has 0 bridgehead atoms. The second-order valence-electron chi connectivity index (χ2n) is 28.3. The van der Waals surface area contributed by atoms with Crippen LogP contribution in [0.15, 0.2) is 0 Å². The summed E-state index contributed by atoms with van der Waals surface area (Å²) in [6.45, 7) is 47.7. The number of hydrogen-bond acceptors (Lipinski definition) is 20. The predicted molar refractivity (Wildman–Crippen MR) is 317 cm³/mol. The molecular formula is C58H106N16O4. The van der Waals surface area contributed by atoms with E-state index in [2.05, 4.69) is 190 Å². The number of piperidine rings is 4. The maximum atomic E-state index is 13.3. The molecular weight excluding hydrogens is 985 g/mol. The Hall–Kier alpha value is -4.40. The summed E-state index contributed by atoms with van der Waals surface area (Å²) in [5.74, 6) is 2.22. The second kappa shape index (κ2) is 24.4. The number of carbonyl (C=O) groups is 2. The van der Waals surface area contributed by atoms with Crippen LogP contribution in [-0.2, 0) is 19.1 Å². The lowest BCUT2D eigenvalue weighted by molar-refractivity contribution is -0.144. The Kier molecular flexibility index (Phi) is 19.6. The summed E-state index contributed by atoms with van der Waals surface area (Å²) in [5.41, 5.74) is -0.614. The summed E-state index contributed by atoms with van der Waals surface area (Å²) in [4.78, 5) is 66.1. The highest BCUT2D eigenvalue weighted by molar-refractivity contribution is 5.75. The highest BCUT2D eigenvalue weighted by Gasteiger charge is 2.45. The Balaban J connectivity index is 1.07. The predicted octanol–water partition coefficient (Wildman–Crippen LogP) is 7.99. The summed E-state index contributed by atoms with van der Waals surface area (Å²) in [7, 11) is 0. The van der Waals surface area contributed by atoms with Crippen LogP contribution in [0.4, 0.5) is 35.7 Å². The van der Waals surface area contributed by atoms with Crippen molar-refractivity contribution in [3.8, 4) is 0 Å². The molecule has 4 aliphatic rings. The van der Waals surface area contributed by atoms with Gasteiger partial charge >= 0.3 is 11.9 Å². The number of hydrogen-bond donors (Lipinski definition) is 6. The van der Waals surface area contributed by atoms with E-state index in [1.165, 1.54) is 0 Å². The molecule has 0 radical (unpaired) electrons. The fourth-order valence-corrected chi connectivity index (χ4v) is 14.6. The SMILES string of the molecule is CCN(c1nc(NCC(=O)OCCCCOC(=O)CNc2nc(N(CC)C3CC(C)(C)NC(C)(C)C3)nc(N(CC)C3CC(C)(C)NC(C)(C)C3)n2)nc(N(CC)C2CC(C)(C)NC(C)(C)C2)n1)C1CC(C)(C)NC(C)(C)C1. The molecule has 78 heavy (non-hydrogen) atoms. The standard InChI is InChI=1S/C58H106N16O4/c1-21-71(39-29-51(5,6)67-52(7,8)30-39)47-61-45(62-48(65-47)72(22-2)40-31-53(9,10)68-54(11,12)32-40)59-37-43(75)77-27-25-26-28-78-44(76)38-60-46-63-49(73(23-3)41-33-55(13,14)69-56(15,16)34-41)66-50(64-46)74(24-4)42-35-57(17,18)70-58(19,20)36-42/h39-42,67-70H,21-38H2,1-20H3,(H,59,61,62,65)(H,60,63,64,66). The van der Waals surface area contributed by atoms with Gasteiger partial charge in [-0.3, -0.25) is 9.59 Å². The van der Waals surface area contributed by atoms with E-state index in [4.69, 9.17) is 39.4 Å². The molecule has 4 aliphatic heterocycles. The van der Waals surface area contributed by atoms with E-state index in [1.54, 1.807) is 0 Å². The van der Waals surface area contributed by atoms with Crippen molar-refractivity contribution < 1.29 is 19.1 Å². The lowest BCUT2D eigenvalue weighted by atomic mass is 9.79. The fourth-order valence-electron chi connectivity index (χ4n) is 14.6. The van der Waals surface area contributed by atoms with Crippen molar-refractivity contribution in [3.05, 3.63) is 0 Å². The van der Waals surface area contributed by atoms with Gasteiger partial charge in [-0.1, -0.05) is 0 Å². The number of rotatable bonds is 23. The number of nitrogens with one attached hydrogen (secondary N) is 6. The molecule has 4 saturated heterocycles. The number of unbranched alkanes of at least 4 members (excludes halogenated alkanes) is 1. The minimum Gasteiger partial charge on any atom is -0.464 e. The van der Waals surface area contributed by atoms with Gasteiger partial charge in [0.05, 0.1) is 13.2 Å². The van der Waals surface area contributed by atoms with Crippen molar-refractivity contribution in [2.75, 3.05) is 82.7 Å². The summed E-state index contributed by atoms with van der Waals surface area (Å²) in [6.07, 6.45) is 8.45. The van der Waals surface area contributed by atoms with Crippen molar-refractivity contribution >= 4 is 47.6 Å². The number of anilines is 6. The molecule has 20 heteroatoms. The normalized spacial score (nSPS) is 22.5. The van der Waals surface area contributed by atoms with Crippen molar-refractivity contribution in [1.82, 2.24) is 51.2 Å². The van der Waals surface area contributed by atoms with Crippen LogP contribution in [-0.4, -0.2) is 163 Å². The summed E-state index contributed by atoms with van der Waals surface area (Å²) >= 11 is 0. The molecule has 2 aromatic rings. The molecule has 4 fully saturated rings. The highest BCUT2D eigenvalue weighted by atomic mass is 16.5. The molecule has 20 nitrogen and oxygen atoms in total. The number of carbonyl (C=O) groups excluding carboxylic acids is 2. The Morgan fingerprint density at radius 1 is 0.397 bits per heavy atom. The minimum atomic E-state index is -0.428. The van der Waals surface area contributed by atoms with E-state index >= 15 is 0 Å². The Morgan fingerprint density at radius 3 is 0.795 bits per heavy atom. The van der Waals surface area contributed by atoms with Gasteiger partial charge < -0.3 is 61.0 Å². The van der Waals surface area contributed by atoms with E-state index in [0.29, 0.717) is 48.5 Å². The van der Waals surface area contributed by atoms with Crippen molar-refractivity contribution in [3.63, 3.8) is 0 Å². The Morgan fingerprint density at radius 2 is 0.603 bits per heavy atom. The molecule has 0 spiro atoms. The van der Waals surface area contributed by atoms with Crippen LogP contribution in [0.1, 0.15) is 203 Å². The van der Waals surface area contributed by atoms with Gasteiger partial charge in [0.15, 0.2) is 0 Å². The maximum absolute atomic E-state index is 13.3. The molecule has 442 valence electrons. The van der Waals surface area contributed by atoms with Crippen LogP contribution < -0.4 is 51.5 Å². The van der Waals surface area contributed by atoms with Gasteiger partial charge in [0.2, 0.25) is 35.7 Å². The average Bonchev–Trinajstić information content (AvgIpc) is 3.26. The zero-order valence-corrected chi connectivity index (χ0v) is 52.1. The Bertz CT molecular complexity index is 1990. The first kappa shape index (κ1) is 62.8. The molecule has 0 aromatic carbocycles. The van der Waals surface area contributed by atoms with Gasteiger partial charge in [0, 0.05) is 94.7 Å². The molecule has 6 heterocycles. The number of nitrogens with zero attached hydrogens (tertiary/aromatic N) is 10. The van der Waals surface area contributed by atoms with Crippen molar-refractivity contribution in [2.24, 2.45) is 0 Å². The summed E-state index contributed by atoms with van der Waals surface area (Å²) in [5, 5.41) is 21.7. The van der Waals surface area contributed by atoms with E-state index < -0.39 is 11.9 Å². The van der Waals surface area contributed by atoms with Gasteiger partial charge in [0.25, 0.3) is 0 Å². The quantitative estimate of drug-likeness (QED) is 0.0459. The van der Waals surface area contributed by atoms with E-state index in [1.807, 2.05) is 0 Å². The molecule has 2 aromatic heterocycles. The van der Waals surface area contributed by atoms with Crippen LogP contribution in [0.5, 0.6) is 0 Å². The van der Waals surface area contributed by atoms with Crippen LogP contribution in [0, 0.1) is 0 Å². The molecule has 0 atom stereocenters. The number of aromatic nitrogens is 6. The maximum Gasteiger partial charge on any atom is 0.325 e. The fraction of sp³-hybridized carbons (Fsp3) is 0.862. The monoisotopic (exact) mass is 1090 g/mol. The van der Waals surface area contributed by atoms with Gasteiger partial charge in [-0.2, -0.15) is 29.9 Å². The second-order valence-corrected chi connectivity index (χ2v) is 28.3. The first-order valence-electron chi connectivity index (χ1n) is 29.6. The molecule has 0 aliphatic carbocycles. The summed E-state index contributed by atoms with van der Waals surface area (Å²) in [6, 6.07) is 0.771. The highest BCUT2D eigenvalue weighted by Crippen LogP contribution is 2.38. The summed E-state index contributed by atoms with van der Waals surface area (Å²) < 4.78 is 11.3. The third kappa shape index (κ3) is 17.6. The van der Waals surface area contributed by atoms with Crippen LogP contribution in [0.25, 0.3) is 0 Å². The minimum absolute atomic E-state index is 0.0768. The van der Waals surface area contributed by atoms with Crippen LogP contribution >= 0.6 is 0 Å². The van der Waals surface area contributed by atoms with Crippen LogP contribution in [0.2, 0.25) is 0 Å². The zero-order chi connectivity index (χ0) is 57.9. The molecule has 0 unspecified atom stereocenters. The van der Waals surface area contributed by atoms with E-state index in [9.17, 15) is 9.59 Å². The van der Waals surface area contributed by atoms with Gasteiger partial charge in [-0.15, -0.1) is 0 Å². The van der Waals surface area contributed by atoms with Gasteiger partial charge in [0.1, 0.15) is 13.1 Å². The topological polar surface area (TPSA) is 215 Å². The van der Waals surface area contributed by atoms with Gasteiger partial charge in [-0.25, -0.2) is 0 Å². The lowest BCUT2D eigenvalue weighted by Gasteiger charge is -2.50. The molecule has 0 saturated carbocycles. The van der Waals surface area contributed by atoms with E-state index in [0.717, 1.165) is 77.5 Å². The number of esters is 2. The first-order chi connectivity index (χ1) is 36.1. The largest absolute Gasteiger partial charge is 0.464 e. The number of ether oxygens (including phenoxy) is 2. The van der Waals surface area contributed by atoms with Crippen molar-refractivity contribution in [1.29, 1.82) is 0 Å².